The largest absolute Gasteiger partial charge is 0.508 e. The molecule has 0 aliphatic carbocycles. The third-order valence-electron chi connectivity index (χ3n) is 2.78. The van der Waals surface area contributed by atoms with Crippen molar-refractivity contribution in [3.63, 3.8) is 0 Å². The molecule has 0 aromatic heterocycles. The molecule has 7 heteroatoms. The maximum Gasteiger partial charge on any atom is 0.322 e. The molecular formula is C13H19NO5S. The van der Waals surface area contributed by atoms with Crippen molar-refractivity contribution in [3.8, 4) is 5.75 Å². The van der Waals surface area contributed by atoms with Crippen LogP contribution in [0.15, 0.2) is 24.3 Å². The van der Waals surface area contributed by atoms with Crippen molar-refractivity contribution < 1.29 is 23.4 Å². The lowest BCUT2D eigenvalue weighted by molar-refractivity contribution is -0.138. The van der Waals surface area contributed by atoms with Crippen molar-refractivity contribution in [2.24, 2.45) is 0 Å². The fourth-order valence-electron chi connectivity index (χ4n) is 1.41. The van der Waals surface area contributed by atoms with E-state index in [9.17, 15) is 13.2 Å². The van der Waals surface area contributed by atoms with Gasteiger partial charge in [0.25, 0.3) is 0 Å². The number of nitrogens with one attached hydrogen (secondary N) is 1. The van der Waals surface area contributed by atoms with E-state index in [4.69, 9.17) is 10.2 Å². The second-order valence-electron chi connectivity index (χ2n) is 5.50. The Morgan fingerprint density at radius 2 is 1.75 bits per heavy atom. The Bertz CT molecular complexity index is 572. The minimum absolute atomic E-state index is 0.00488. The van der Waals surface area contributed by atoms with Gasteiger partial charge in [0.05, 0.1) is 4.75 Å². The average molecular weight is 301 g/mol. The van der Waals surface area contributed by atoms with Crippen LogP contribution in [0.25, 0.3) is 0 Å². The maximum atomic E-state index is 12.0. The lowest BCUT2D eigenvalue weighted by Gasteiger charge is -2.23. The van der Waals surface area contributed by atoms with Gasteiger partial charge in [-0.3, -0.25) is 4.79 Å². The second-order valence-corrected chi connectivity index (χ2v) is 7.96. The molecule has 0 amide bonds. The van der Waals surface area contributed by atoms with Crippen LogP contribution in [-0.4, -0.2) is 35.4 Å². The van der Waals surface area contributed by atoms with Crippen LogP contribution < -0.4 is 4.72 Å². The van der Waals surface area contributed by atoms with Crippen LogP contribution in [0.2, 0.25) is 0 Å². The van der Waals surface area contributed by atoms with E-state index in [1.54, 1.807) is 12.1 Å². The summed E-state index contributed by atoms with van der Waals surface area (Å²) in [4.78, 5) is 11.2. The predicted molar refractivity (Wildman–Crippen MR) is 75.0 cm³/mol. The lowest BCUT2D eigenvalue weighted by atomic mass is 10.1. The SMILES string of the molecule is CC(C)(C)S(=O)(=O)N[C@@H](Cc1ccc(O)cc1)C(=O)O. The molecule has 0 radical (unpaired) electrons. The van der Waals surface area contributed by atoms with Gasteiger partial charge in [-0.05, 0) is 44.9 Å². The van der Waals surface area contributed by atoms with E-state index in [0.29, 0.717) is 5.56 Å². The van der Waals surface area contributed by atoms with E-state index in [1.807, 2.05) is 0 Å². The molecule has 1 atom stereocenters. The molecule has 6 nitrogen and oxygen atoms in total. The monoisotopic (exact) mass is 301 g/mol. The van der Waals surface area contributed by atoms with Crippen molar-refractivity contribution in [3.05, 3.63) is 29.8 Å². The molecule has 0 bridgehead atoms. The van der Waals surface area contributed by atoms with E-state index in [0.717, 1.165) is 0 Å². The van der Waals surface area contributed by atoms with Crippen molar-refractivity contribution in [2.45, 2.75) is 38.0 Å². The van der Waals surface area contributed by atoms with Crippen LogP contribution in [-0.2, 0) is 21.2 Å². The van der Waals surface area contributed by atoms with E-state index in [2.05, 4.69) is 4.72 Å². The Morgan fingerprint density at radius 3 is 2.15 bits per heavy atom. The number of sulfonamides is 1. The first-order valence-electron chi connectivity index (χ1n) is 6.05. The van der Waals surface area contributed by atoms with Crippen LogP contribution in [0.1, 0.15) is 26.3 Å². The molecule has 20 heavy (non-hydrogen) atoms. The van der Waals surface area contributed by atoms with Gasteiger partial charge < -0.3 is 10.2 Å². The Hall–Kier alpha value is -1.60. The Balaban J connectivity index is 2.92. The highest BCUT2D eigenvalue weighted by Gasteiger charge is 2.33. The highest BCUT2D eigenvalue weighted by atomic mass is 32.2. The van der Waals surface area contributed by atoms with Gasteiger partial charge >= 0.3 is 5.97 Å². The number of aromatic hydroxyl groups is 1. The summed E-state index contributed by atoms with van der Waals surface area (Å²) in [5.41, 5.74) is 0.617. The molecule has 3 N–H and O–H groups in total. The average Bonchev–Trinajstić information content (AvgIpc) is 2.29. The van der Waals surface area contributed by atoms with Crippen LogP contribution >= 0.6 is 0 Å². The molecule has 0 heterocycles. The minimum Gasteiger partial charge on any atom is -0.508 e. The number of carboxylic acid groups (broad SMARTS) is 1. The summed E-state index contributed by atoms with van der Waals surface area (Å²) >= 11 is 0. The molecule has 1 rings (SSSR count). The zero-order chi connectivity index (χ0) is 15.6. The molecule has 0 fully saturated rings. The predicted octanol–water partition coefficient (Wildman–Crippen LogP) is 1.11. The van der Waals surface area contributed by atoms with Crippen LogP contribution in [0.3, 0.4) is 0 Å². The number of hydrogen-bond donors (Lipinski definition) is 3. The van der Waals surface area contributed by atoms with Gasteiger partial charge in [0.2, 0.25) is 10.0 Å². The first-order valence-corrected chi connectivity index (χ1v) is 7.54. The normalized spacial score (nSPS) is 13.9. The van der Waals surface area contributed by atoms with Gasteiger partial charge in [0.1, 0.15) is 11.8 Å². The molecule has 0 aliphatic rings. The molecule has 0 unspecified atom stereocenters. The Morgan fingerprint density at radius 1 is 1.25 bits per heavy atom. The highest BCUT2D eigenvalue weighted by molar-refractivity contribution is 7.90. The summed E-state index contributed by atoms with van der Waals surface area (Å²) in [7, 11) is -3.75. The zero-order valence-corrected chi connectivity index (χ0v) is 12.4. The number of rotatable bonds is 5. The molecule has 1 aromatic carbocycles. The number of aliphatic carboxylic acids is 1. The maximum absolute atomic E-state index is 12.0. The number of carbonyl (C=O) groups is 1. The third-order valence-corrected chi connectivity index (χ3v) is 4.99. The molecule has 112 valence electrons. The standard InChI is InChI=1S/C13H19NO5S/c1-13(2,3)20(18,19)14-11(12(16)17)8-9-4-6-10(15)7-5-9/h4-7,11,14-15H,8H2,1-3H3,(H,16,17)/t11-/m0/s1. The molecule has 0 saturated heterocycles. The second kappa shape index (κ2) is 5.80. The third kappa shape index (κ3) is 4.21. The van der Waals surface area contributed by atoms with Gasteiger partial charge in [-0.15, -0.1) is 0 Å². The summed E-state index contributed by atoms with van der Waals surface area (Å²) in [5, 5.41) is 18.3. The van der Waals surface area contributed by atoms with Gasteiger partial charge in [-0.25, -0.2) is 13.1 Å². The number of phenols is 1. The molecule has 0 spiro atoms. The minimum atomic E-state index is -3.75. The van der Waals surface area contributed by atoms with Crippen molar-refractivity contribution in [2.75, 3.05) is 0 Å². The summed E-state index contributed by atoms with van der Waals surface area (Å²) < 4.78 is 25.1. The van der Waals surface area contributed by atoms with E-state index >= 15 is 0 Å². The lowest BCUT2D eigenvalue weighted by Crippen LogP contribution is -2.48. The van der Waals surface area contributed by atoms with Gasteiger partial charge in [0.15, 0.2) is 0 Å². The number of phenolic OH excluding ortho intramolecular Hbond substituents is 1. The van der Waals surface area contributed by atoms with Gasteiger partial charge in [-0.1, -0.05) is 12.1 Å². The summed E-state index contributed by atoms with van der Waals surface area (Å²) in [6.07, 6.45) is 0.00488. The highest BCUT2D eigenvalue weighted by Crippen LogP contribution is 2.16. The van der Waals surface area contributed by atoms with Gasteiger partial charge in [-0.2, -0.15) is 0 Å². The Labute approximate surface area is 118 Å². The van der Waals surface area contributed by atoms with Crippen molar-refractivity contribution in [1.82, 2.24) is 4.72 Å². The first kappa shape index (κ1) is 16.5. The zero-order valence-electron chi connectivity index (χ0n) is 11.6. The van der Waals surface area contributed by atoms with E-state index in [1.165, 1.54) is 32.9 Å². The van der Waals surface area contributed by atoms with Crippen molar-refractivity contribution >= 4 is 16.0 Å². The summed E-state index contributed by atoms with van der Waals surface area (Å²) in [6, 6.07) is 4.70. The van der Waals surface area contributed by atoms with E-state index in [-0.39, 0.29) is 12.2 Å². The molecule has 0 aliphatic heterocycles. The molecule has 1 aromatic rings. The smallest absolute Gasteiger partial charge is 0.322 e. The number of benzene rings is 1. The molecule has 0 saturated carbocycles. The van der Waals surface area contributed by atoms with Crippen molar-refractivity contribution in [1.29, 1.82) is 0 Å². The first-order chi connectivity index (χ1) is 9.03. The van der Waals surface area contributed by atoms with Crippen LogP contribution in [0.5, 0.6) is 5.75 Å². The molecular weight excluding hydrogens is 282 g/mol. The van der Waals surface area contributed by atoms with Gasteiger partial charge in [0, 0.05) is 0 Å². The number of hydrogen-bond acceptors (Lipinski definition) is 4. The quantitative estimate of drug-likeness (QED) is 0.755. The summed E-state index contributed by atoms with van der Waals surface area (Å²) in [6.45, 7) is 4.48. The number of carboxylic acids is 1. The van der Waals surface area contributed by atoms with E-state index < -0.39 is 26.8 Å². The Kier molecular flexibility index (Phi) is 4.77. The van der Waals surface area contributed by atoms with Crippen LogP contribution in [0, 0.1) is 0 Å². The fraction of sp³-hybridized carbons (Fsp3) is 0.462. The van der Waals surface area contributed by atoms with Crippen LogP contribution in [0.4, 0.5) is 0 Å². The summed E-state index contributed by atoms with van der Waals surface area (Å²) in [5.74, 6) is -1.18. The topological polar surface area (TPSA) is 104 Å². The fourth-order valence-corrected chi connectivity index (χ4v) is 2.32.